The molecular formula is C17H15FN2O2. The molecule has 0 aliphatic carbocycles. The second-order valence-electron chi connectivity index (χ2n) is 5.26. The molecule has 3 rings (SSSR count). The van der Waals surface area contributed by atoms with Crippen LogP contribution in [-0.2, 0) is 11.2 Å². The Bertz CT molecular complexity index is 758. The Labute approximate surface area is 127 Å². The lowest BCUT2D eigenvalue weighted by molar-refractivity contribution is -0.118. The zero-order valence-electron chi connectivity index (χ0n) is 12.1. The largest absolute Gasteiger partial charge is 0.322 e. The Morgan fingerprint density at radius 2 is 2.00 bits per heavy atom. The zero-order valence-corrected chi connectivity index (χ0v) is 12.1. The number of hydrogen-bond acceptors (Lipinski definition) is 2. The SMILES string of the molecule is CN1C(=O)CCc2cc(NC(=O)c3cccc(F)c3)ccc21. The molecule has 4 nitrogen and oxygen atoms in total. The first kappa shape index (κ1) is 14.3. The van der Waals surface area contributed by atoms with Crippen molar-refractivity contribution >= 4 is 23.2 Å². The van der Waals surface area contributed by atoms with E-state index in [9.17, 15) is 14.0 Å². The van der Waals surface area contributed by atoms with Gasteiger partial charge in [-0.2, -0.15) is 0 Å². The first-order chi connectivity index (χ1) is 10.5. The number of hydrogen-bond donors (Lipinski definition) is 1. The molecule has 0 atom stereocenters. The van der Waals surface area contributed by atoms with Gasteiger partial charge in [-0.3, -0.25) is 9.59 Å². The van der Waals surface area contributed by atoms with Crippen LogP contribution in [0.25, 0.3) is 0 Å². The van der Waals surface area contributed by atoms with E-state index in [4.69, 9.17) is 0 Å². The van der Waals surface area contributed by atoms with Crippen molar-refractivity contribution in [1.29, 1.82) is 0 Å². The van der Waals surface area contributed by atoms with E-state index >= 15 is 0 Å². The van der Waals surface area contributed by atoms with E-state index in [1.54, 1.807) is 24.1 Å². The molecule has 0 spiro atoms. The zero-order chi connectivity index (χ0) is 15.7. The molecule has 0 unspecified atom stereocenters. The van der Waals surface area contributed by atoms with Crippen LogP contribution in [0, 0.1) is 5.82 Å². The van der Waals surface area contributed by atoms with Crippen molar-refractivity contribution in [3.63, 3.8) is 0 Å². The summed E-state index contributed by atoms with van der Waals surface area (Å²) in [6.07, 6.45) is 1.12. The van der Waals surface area contributed by atoms with Crippen LogP contribution in [0.3, 0.4) is 0 Å². The normalized spacial score (nSPS) is 13.7. The summed E-state index contributed by atoms with van der Waals surface area (Å²) in [5.41, 5.74) is 2.78. The molecule has 2 aromatic rings. The van der Waals surface area contributed by atoms with Gasteiger partial charge in [0.15, 0.2) is 0 Å². The Hall–Kier alpha value is -2.69. The lowest BCUT2D eigenvalue weighted by Gasteiger charge is -2.26. The summed E-state index contributed by atoms with van der Waals surface area (Å²) in [4.78, 5) is 25.4. The number of nitrogens with zero attached hydrogens (tertiary/aromatic N) is 1. The number of rotatable bonds is 2. The summed E-state index contributed by atoms with van der Waals surface area (Å²) in [5.74, 6) is -0.720. The highest BCUT2D eigenvalue weighted by molar-refractivity contribution is 6.04. The van der Waals surface area contributed by atoms with E-state index in [-0.39, 0.29) is 17.4 Å². The standard InChI is InChI=1S/C17H15FN2O2/c1-20-15-7-6-14(10-11(15)5-8-16(20)21)19-17(22)12-3-2-4-13(18)9-12/h2-4,6-7,9-10H,5,8H2,1H3,(H,19,22). The summed E-state index contributed by atoms with van der Waals surface area (Å²) in [5, 5.41) is 2.75. The highest BCUT2D eigenvalue weighted by Gasteiger charge is 2.21. The van der Waals surface area contributed by atoms with Crippen LogP contribution >= 0.6 is 0 Å². The maximum Gasteiger partial charge on any atom is 0.255 e. The number of aryl methyl sites for hydroxylation is 1. The monoisotopic (exact) mass is 298 g/mol. The Morgan fingerprint density at radius 3 is 2.77 bits per heavy atom. The minimum atomic E-state index is -0.446. The van der Waals surface area contributed by atoms with Gasteiger partial charge < -0.3 is 10.2 Å². The highest BCUT2D eigenvalue weighted by atomic mass is 19.1. The van der Waals surface area contributed by atoms with Gasteiger partial charge in [0.2, 0.25) is 5.91 Å². The number of anilines is 2. The smallest absolute Gasteiger partial charge is 0.255 e. The van der Waals surface area contributed by atoms with Gasteiger partial charge in [-0.15, -0.1) is 0 Å². The Morgan fingerprint density at radius 1 is 1.18 bits per heavy atom. The molecule has 112 valence electrons. The van der Waals surface area contributed by atoms with Gasteiger partial charge in [0.1, 0.15) is 5.82 Å². The van der Waals surface area contributed by atoms with E-state index in [0.29, 0.717) is 18.5 Å². The first-order valence-electron chi connectivity index (χ1n) is 7.01. The van der Waals surface area contributed by atoms with Crippen molar-refractivity contribution in [1.82, 2.24) is 0 Å². The number of nitrogens with one attached hydrogen (secondary N) is 1. The molecule has 5 heteroatoms. The predicted octanol–water partition coefficient (Wildman–Crippen LogP) is 2.99. The summed E-state index contributed by atoms with van der Waals surface area (Å²) in [6, 6.07) is 11.0. The third kappa shape index (κ3) is 2.70. The molecule has 0 saturated heterocycles. The van der Waals surface area contributed by atoms with Crippen molar-refractivity contribution in [2.45, 2.75) is 12.8 Å². The summed E-state index contributed by atoms with van der Waals surface area (Å²) < 4.78 is 13.2. The molecule has 1 aliphatic heterocycles. The number of carbonyl (C=O) groups excluding carboxylic acids is 2. The van der Waals surface area contributed by atoms with Crippen molar-refractivity contribution in [3.05, 3.63) is 59.4 Å². The molecule has 2 aromatic carbocycles. The minimum Gasteiger partial charge on any atom is -0.322 e. The van der Waals surface area contributed by atoms with Gasteiger partial charge in [0.05, 0.1) is 0 Å². The minimum absolute atomic E-state index is 0.0871. The molecule has 1 N–H and O–H groups in total. The second kappa shape index (κ2) is 5.60. The van der Waals surface area contributed by atoms with E-state index in [0.717, 1.165) is 11.3 Å². The topological polar surface area (TPSA) is 49.4 Å². The second-order valence-corrected chi connectivity index (χ2v) is 5.26. The molecule has 0 bridgehead atoms. The Balaban J connectivity index is 1.82. The number of carbonyl (C=O) groups is 2. The predicted molar refractivity (Wildman–Crippen MR) is 82.5 cm³/mol. The van der Waals surface area contributed by atoms with Gasteiger partial charge in [-0.05, 0) is 48.4 Å². The summed E-state index contributed by atoms with van der Waals surface area (Å²) in [7, 11) is 1.74. The average molecular weight is 298 g/mol. The molecule has 0 radical (unpaired) electrons. The van der Waals surface area contributed by atoms with E-state index in [1.807, 2.05) is 12.1 Å². The molecule has 1 heterocycles. The van der Waals surface area contributed by atoms with Crippen LogP contribution in [0.5, 0.6) is 0 Å². The summed E-state index contributed by atoms with van der Waals surface area (Å²) >= 11 is 0. The van der Waals surface area contributed by atoms with Crippen molar-refractivity contribution in [2.24, 2.45) is 0 Å². The average Bonchev–Trinajstić information content (AvgIpc) is 2.51. The van der Waals surface area contributed by atoms with Crippen LogP contribution in [0.2, 0.25) is 0 Å². The number of halogens is 1. The van der Waals surface area contributed by atoms with Gasteiger partial charge in [0, 0.05) is 30.4 Å². The van der Waals surface area contributed by atoms with Gasteiger partial charge in [-0.1, -0.05) is 6.07 Å². The van der Waals surface area contributed by atoms with Crippen molar-refractivity contribution < 1.29 is 14.0 Å². The fourth-order valence-corrected chi connectivity index (χ4v) is 2.57. The fraction of sp³-hybridized carbons (Fsp3) is 0.176. The maximum atomic E-state index is 13.2. The quantitative estimate of drug-likeness (QED) is 0.926. The van der Waals surface area contributed by atoms with E-state index in [1.165, 1.54) is 18.2 Å². The number of benzene rings is 2. The molecule has 2 amide bonds. The molecule has 0 aromatic heterocycles. The number of fused-ring (bicyclic) bond motifs is 1. The van der Waals surface area contributed by atoms with Crippen LogP contribution in [-0.4, -0.2) is 18.9 Å². The summed E-state index contributed by atoms with van der Waals surface area (Å²) in [6.45, 7) is 0. The Kier molecular flexibility index (Phi) is 3.63. The first-order valence-corrected chi connectivity index (χ1v) is 7.01. The van der Waals surface area contributed by atoms with Crippen LogP contribution in [0.4, 0.5) is 15.8 Å². The molecule has 22 heavy (non-hydrogen) atoms. The van der Waals surface area contributed by atoms with Gasteiger partial charge >= 0.3 is 0 Å². The van der Waals surface area contributed by atoms with Crippen LogP contribution in [0.1, 0.15) is 22.3 Å². The maximum absolute atomic E-state index is 13.2. The molecule has 0 saturated carbocycles. The number of amides is 2. The molecule has 0 fully saturated rings. The van der Waals surface area contributed by atoms with Gasteiger partial charge in [-0.25, -0.2) is 4.39 Å². The van der Waals surface area contributed by atoms with Crippen LogP contribution < -0.4 is 10.2 Å². The fourth-order valence-electron chi connectivity index (χ4n) is 2.57. The lowest BCUT2D eigenvalue weighted by Crippen LogP contribution is -2.31. The van der Waals surface area contributed by atoms with E-state index < -0.39 is 5.82 Å². The van der Waals surface area contributed by atoms with E-state index in [2.05, 4.69) is 5.32 Å². The van der Waals surface area contributed by atoms with Crippen molar-refractivity contribution in [3.8, 4) is 0 Å². The highest BCUT2D eigenvalue weighted by Crippen LogP contribution is 2.29. The molecular weight excluding hydrogens is 283 g/mol. The third-order valence-corrected chi connectivity index (χ3v) is 3.77. The van der Waals surface area contributed by atoms with Crippen LogP contribution in [0.15, 0.2) is 42.5 Å². The lowest BCUT2D eigenvalue weighted by atomic mass is 10.0. The van der Waals surface area contributed by atoms with Gasteiger partial charge in [0.25, 0.3) is 5.91 Å². The van der Waals surface area contributed by atoms with Crippen molar-refractivity contribution in [2.75, 3.05) is 17.3 Å². The molecule has 1 aliphatic rings. The third-order valence-electron chi connectivity index (χ3n) is 3.77.